The Bertz CT molecular complexity index is 1220. The zero-order valence-electron chi connectivity index (χ0n) is 22.6. The van der Waals surface area contributed by atoms with Gasteiger partial charge in [0.25, 0.3) is 5.91 Å². The predicted molar refractivity (Wildman–Crippen MR) is 155 cm³/mol. The summed E-state index contributed by atoms with van der Waals surface area (Å²) >= 11 is 13.0. The molecule has 5 nitrogen and oxygen atoms in total. The van der Waals surface area contributed by atoms with Crippen LogP contribution in [0.4, 0.5) is 0 Å². The summed E-state index contributed by atoms with van der Waals surface area (Å²) in [7, 11) is 0. The molecule has 0 aromatic heterocycles. The van der Waals surface area contributed by atoms with Gasteiger partial charge in [0, 0.05) is 34.6 Å². The third-order valence-electron chi connectivity index (χ3n) is 6.14. The van der Waals surface area contributed by atoms with Gasteiger partial charge < -0.3 is 15.0 Å². The highest BCUT2D eigenvalue weighted by molar-refractivity contribution is 6.36. The minimum atomic E-state index is -0.805. The summed E-state index contributed by atoms with van der Waals surface area (Å²) in [5, 5.41) is 3.83. The molecule has 0 radical (unpaired) electrons. The van der Waals surface area contributed by atoms with Crippen molar-refractivity contribution in [2.24, 2.45) is 0 Å². The quantitative estimate of drug-likeness (QED) is 0.298. The van der Waals surface area contributed by atoms with Crippen molar-refractivity contribution < 1.29 is 14.3 Å². The molecule has 0 saturated carbocycles. The van der Waals surface area contributed by atoms with Crippen molar-refractivity contribution in [1.82, 2.24) is 10.2 Å². The van der Waals surface area contributed by atoms with Crippen molar-refractivity contribution in [2.45, 2.75) is 65.1 Å². The summed E-state index contributed by atoms with van der Waals surface area (Å²) in [6.45, 7) is 9.88. The van der Waals surface area contributed by atoms with Crippen LogP contribution in [0.25, 0.3) is 0 Å². The zero-order chi connectivity index (χ0) is 27.9. The topological polar surface area (TPSA) is 58.6 Å². The molecular formula is C31H36Cl2N2O3. The van der Waals surface area contributed by atoms with Gasteiger partial charge in [-0.3, -0.25) is 9.59 Å². The summed E-state index contributed by atoms with van der Waals surface area (Å²) in [6.07, 6.45) is 0.325. The molecule has 2 amide bonds. The lowest BCUT2D eigenvalue weighted by molar-refractivity contribution is -0.143. The van der Waals surface area contributed by atoms with Gasteiger partial charge in [-0.2, -0.15) is 0 Å². The first-order valence-electron chi connectivity index (χ1n) is 12.8. The number of benzene rings is 3. The van der Waals surface area contributed by atoms with Gasteiger partial charge in [-0.1, -0.05) is 98.6 Å². The fraction of sp³-hybridized carbons (Fsp3) is 0.355. The highest BCUT2D eigenvalue weighted by Crippen LogP contribution is 2.31. The van der Waals surface area contributed by atoms with Crippen LogP contribution in [0.5, 0.6) is 5.75 Å². The molecule has 0 aliphatic rings. The fourth-order valence-corrected chi connectivity index (χ4v) is 4.74. The largest absolute Gasteiger partial charge is 0.483 e. The van der Waals surface area contributed by atoms with Crippen molar-refractivity contribution in [1.29, 1.82) is 0 Å². The molecular weight excluding hydrogens is 519 g/mol. The van der Waals surface area contributed by atoms with Crippen molar-refractivity contribution >= 4 is 35.0 Å². The van der Waals surface area contributed by atoms with Gasteiger partial charge in [-0.05, 0) is 48.6 Å². The molecule has 3 aromatic rings. The number of hydrogen-bond acceptors (Lipinski definition) is 3. The molecule has 0 bridgehead atoms. The first-order chi connectivity index (χ1) is 18.0. The SMILES string of the molecule is CC(C)NC(=O)[C@@H](Cc1ccccc1)N(Cc1c(Cl)cccc1Cl)C(=O)COc1ccccc1C(C)(C)C. The minimum absolute atomic E-state index is 0.0602. The fourth-order valence-electron chi connectivity index (χ4n) is 4.22. The number of nitrogens with zero attached hydrogens (tertiary/aromatic N) is 1. The summed E-state index contributed by atoms with van der Waals surface area (Å²) in [5.41, 5.74) is 2.33. The number of carbonyl (C=O) groups excluding carboxylic acids is 2. The van der Waals surface area contributed by atoms with Crippen LogP contribution in [0, 0.1) is 0 Å². The Hall–Kier alpha value is -3.02. The van der Waals surface area contributed by atoms with Gasteiger partial charge in [-0.25, -0.2) is 0 Å². The van der Waals surface area contributed by atoms with E-state index in [9.17, 15) is 9.59 Å². The third kappa shape index (κ3) is 7.99. The number of nitrogens with one attached hydrogen (secondary N) is 1. The Morgan fingerprint density at radius 1 is 0.895 bits per heavy atom. The maximum atomic E-state index is 13.9. The van der Waals surface area contributed by atoms with Crippen LogP contribution in [0.2, 0.25) is 10.0 Å². The average Bonchev–Trinajstić information content (AvgIpc) is 2.86. The maximum absolute atomic E-state index is 13.9. The van der Waals surface area contributed by atoms with Crippen LogP contribution in [0.15, 0.2) is 72.8 Å². The second-order valence-corrected chi connectivity index (χ2v) is 11.4. The van der Waals surface area contributed by atoms with E-state index in [0.29, 0.717) is 27.8 Å². The van der Waals surface area contributed by atoms with E-state index in [1.807, 2.05) is 68.4 Å². The Labute approximate surface area is 236 Å². The van der Waals surface area contributed by atoms with Gasteiger partial charge in [-0.15, -0.1) is 0 Å². The van der Waals surface area contributed by atoms with E-state index in [1.165, 1.54) is 4.90 Å². The van der Waals surface area contributed by atoms with Gasteiger partial charge >= 0.3 is 0 Å². The van der Waals surface area contributed by atoms with E-state index >= 15 is 0 Å². The Kier molecular flexibility index (Phi) is 10.2. The van der Waals surface area contributed by atoms with Crippen LogP contribution in [-0.4, -0.2) is 35.4 Å². The number of carbonyl (C=O) groups is 2. The molecule has 0 unspecified atom stereocenters. The number of halogens is 2. The van der Waals surface area contributed by atoms with Gasteiger partial charge in [0.2, 0.25) is 5.91 Å². The molecule has 0 heterocycles. The van der Waals surface area contributed by atoms with Crippen molar-refractivity contribution in [2.75, 3.05) is 6.61 Å². The van der Waals surface area contributed by atoms with Gasteiger partial charge in [0.15, 0.2) is 6.61 Å². The van der Waals surface area contributed by atoms with Crippen LogP contribution in [-0.2, 0) is 28.0 Å². The van der Waals surface area contributed by atoms with E-state index in [0.717, 1.165) is 11.1 Å². The molecule has 1 atom stereocenters. The summed E-state index contributed by atoms with van der Waals surface area (Å²) < 4.78 is 6.08. The lowest BCUT2D eigenvalue weighted by Gasteiger charge is -2.32. The highest BCUT2D eigenvalue weighted by Gasteiger charge is 2.32. The highest BCUT2D eigenvalue weighted by atomic mass is 35.5. The number of rotatable bonds is 10. The first-order valence-corrected chi connectivity index (χ1v) is 13.5. The minimum Gasteiger partial charge on any atom is -0.483 e. The Morgan fingerprint density at radius 3 is 2.11 bits per heavy atom. The standard InChI is InChI=1S/C31H36Cl2N2O3/c1-21(2)34-30(37)27(18-22-12-7-6-8-13-22)35(19-23-25(32)15-11-16-26(23)33)29(36)20-38-28-17-10-9-14-24(28)31(3,4)5/h6-17,21,27H,18-20H2,1-5H3,(H,34,37)/t27-/m1/s1. The molecule has 0 saturated heterocycles. The molecule has 38 heavy (non-hydrogen) atoms. The number of hydrogen-bond donors (Lipinski definition) is 1. The molecule has 202 valence electrons. The second-order valence-electron chi connectivity index (χ2n) is 10.6. The molecule has 1 N–H and O–H groups in total. The third-order valence-corrected chi connectivity index (χ3v) is 6.85. The van der Waals surface area contributed by atoms with E-state index in [1.54, 1.807) is 18.2 Å². The molecule has 3 aromatic carbocycles. The smallest absolute Gasteiger partial charge is 0.261 e. The van der Waals surface area contributed by atoms with Crippen LogP contribution in [0.1, 0.15) is 51.3 Å². The van der Waals surface area contributed by atoms with Crippen molar-refractivity contribution in [3.05, 3.63) is 99.5 Å². The van der Waals surface area contributed by atoms with Gasteiger partial charge in [0.05, 0.1) is 0 Å². The van der Waals surface area contributed by atoms with E-state index < -0.39 is 6.04 Å². The van der Waals surface area contributed by atoms with E-state index in [4.69, 9.17) is 27.9 Å². The number of amides is 2. The molecule has 0 fully saturated rings. The van der Waals surface area contributed by atoms with Crippen molar-refractivity contribution in [3.63, 3.8) is 0 Å². The first kappa shape index (κ1) is 29.5. The number of ether oxygens (including phenoxy) is 1. The molecule has 0 aliphatic heterocycles. The molecule has 0 aliphatic carbocycles. The summed E-state index contributed by atoms with van der Waals surface area (Å²) in [4.78, 5) is 28.9. The molecule has 0 spiro atoms. The van der Waals surface area contributed by atoms with Gasteiger partial charge in [0.1, 0.15) is 11.8 Å². The molecule has 7 heteroatoms. The lowest BCUT2D eigenvalue weighted by atomic mass is 9.86. The normalized spacial score (nSPS) is 12.2. The van der Waals surface area contributed by atoms with E-state index in [-0.39, 0.29) is 36.4 Å². The Balaban J connectivity index is 1.99. The van der Waals surface area contributed by atoms with E-state index in [2.05, 4.69) is 26.1 Å². The second kappa shape index (κ2) is 13.2. The van der Waals surface area contributed by atoms with Crippen LogP contribution in [0.3, 0.4) is 0 Å². The summed E-state index contributed by atoms with van der Waals surface area (Å²) in [5.74, 6) is 0.0373. The number of para-hydroxylation sites is 1. The maximum Gasteiger partial charge on any atom is 0.261 e. The zero-order valence-corrected chi connectivity index (χ0v) is 24.1. The monoisotopic (exact) mass is 554 g/mol. The average molecular weight is 556 g/mol. The van der Waals surface area contributed by atoms with Crippen molar-refractivity contribution in [3.8, 4) is 5.75 Å². The molecule has 3 rings (SSSR count). The van der Waals surface area contributed by atoms with Crippen LogP contribution < -0.4 is 10.1 Å². The van der Waals surface area contributed by atoms with Crippen LogP contribution >= 0.6 is 23.2 Å². The lowest BCUT2D eigenvalue weighted by Crippen LogP contribution is -2.53. The predicted octanol–water partition coefficient (Wildman–Crippen LogP) is 6.83. The summed E-state index contributed by atoms with van der Waals surface area (Å²) in [6, 6.07) is 21.6. The Morgan fingerprint density at radius 2 is 1.50 bits per heavy atom.